The van der Waals surface area contributed by atoms with Crippen molar-refractivity contribution >= 4 is 0 Å². The molecule has 0 amide bonds. The molecule has 0 aromatic rings. The van der Waals surface area contributed by atoms with E-state index >= 15 is 0 Å². The quantitative estimate of drug-likeness (QED) is 0.707. The van der Waals surface area contributed by atoms with Crippen LogP contribution in [0, 0.1) is 11.8 Å². The largest absolute Gasteiger partial charge is 0.352 e. The van der Waals surface area contributed by atoms with Crippen LogP contribution in [0.3, 0.4) is 0 Å². The minimum absolute atomic E-state index is 0.0516. The lowest BCUT2D eigenvalue weighted by Gasteiger charge is -2.36. The zero-order valence-electron chi connectivity index (χ0n) is 9.78. The topological polar surface area (TPSA) is 27.7 Å². The highest BCUT2D eigenvalue weighted by molar-refractivity contribution is 4.68. The van der Waals surface area contributed by atoms with Crippen molar-refractivity contribution < 1.29 is 14.2 Å². The lowest BCUT2D eigenvalue weighted by Crippen LogP contribution is -2.39. The molecule has 0 N–H and O–H groups in total. The Morgan fingerprint density at radius 3 is 1.73 bits per heavy atom. The molecule has 2 heterocycles. The van der Waals surface area contributed by atoms with E-state index < -0.39 is 0 Å². The molecule has 2 saturated heterocycles. The highest BCUT2D eigenvalue weighted by atomic mass is 16.8. The third-order valence-electron chi connectivity index (χ3n) is 3.37. The Bertz CT molecular complexity index is 175. The maximum atomic E-state index is 5.91. The summed E-state index contributed by atoms with van der Waals surface area (Å²) in [5.74, 6) is 0.993. The Morgan fingerprint density at radius 2 is 1.33 bits per heavy atom. The number of hydrogen-bond acceptors (Lipinski definition) is 3. The lowest BCUT2D eigenvalue weighted by atomic mass is 10.0. The zero-order chi connectivity index (χ0) is 10.7. The molecule has 4 unspecified atom stereocenters. The van der Waals surface area contributed by atoms with Crippen LogP contribution in [-0.4, -0.2) is 25.8 Å². The van der Waals surface area contributed by atoms with E-state index in [1.165, 1.54) is 12.8 Å². The Kier molecular flexibility index (Phi) is 4.00. The first-order chi connectivity index (χ1) is 7.27. The van der Waals surface area contributed by atoms with Crippen LogP contribution in [0.1, 0.15) is 39.5 Å². The Hall–Kier alpha value is -0.120. The summed E-state index contributed by atoms with van der Waals surface area (Å²) in [5, 5.41) is 0. The van der Waals surface area contributed by atoms with E-state index in [0.29, 0.717) is 11.8 Å². The van der Waals surface area contributed by atoms with Gasteiger partial charge in [-0.2, -0.15) is 0 Å². The maximum absolute atomic E-state index is 5.91. The summed E-state index contributed by atoms with van der Waals surface area (Å²) in [5.41, 5.74) is 0. The highest BCUT2D eigenvalue weighted by Crippen LogP contribution is 2.27. The molecule has 2 aliphatic rings. The van der Waals surface area contributed by atoms with E-state index in [1.807, 2.05) is 0 Å². The van der Waals surface area contributed by atoms with Crippen molar-refractivity contribution in [2.24, 2.45) is 11.8 Å². The molecule has 0 radical (unpaired) electrons. The monoisotopic (exact) mass is 214 g/mol. The predicted octanol–water partition coefficient (Wildman–Crippen LogP) is 2.55. The molecule has 2 fully saturated rings. The molecule has 0 aromatic heterocycles. The third-order valence-corrected chi connectivity index (χ3v) is 3.37. The first-order valence-corrected chi connectivity index (χ1v) is 6.16. The van der Waals surface area contributed by atoms with Crippen LogP contribution in [0.15, 0.2) is 0 Å². The third kappa shape index (κ3) is 2.92. The minimum atomic E-state index is -0.0516. The maximum Gasteiger partial charge on any atom is 0.163 e. The fourth-order valence-electron chi connectivity index (χ4n) is 2.29. The van der Waals surface area contributed by atoms with Crippen LogP contribution in [0.4, 0.5) is 0 Å². The van der Waals surface area contributed by atoms with Gasteiger partial charge in [-0.25, -0.2) is 0 Å². The fourth-order valence-corrected chi connectivity index (χ4v) is 2.29. The predicted molar refractivity (Wildman–Crippen MR) is 57.4 cm³/mol. The van der Waals surface area contributed by atoms with E-state index in [4.69, 9.17) is 14.2 Å². The molecule has 2 aliphatic heterocycles. The molecule has 15 heavy (non-hydrogen) atoms. The SMILES string of the molecule is CC1CCCOC1OC1OCCCC1C. The molecule has 88 valence electrons. The van der Waals surface area contributed by atoms with Crippen molar-refractivity contribution in [1.29, 1.82) is 0 Å². The van der Waals surface area contributed by atoms with Crippen molar-refractivity contribution in [3.05, 3.63) is 0 Å². The Morgan fingerprint density at radius 1 is 0.867 bits per heavy atom. The molecule has 0 saturated carbocycles. The molecule has 2 rings (SSSR count). The number of rotatable bonds is 2. The van der Waals surface area contributed by atoms with Crippen LogP contribution >= 0.6 is 0 Å². The van der Waals surface area contributed by atoms with Gasteiger partial charge in [0.2, 0.25) is 0 Å². The van der Waals surface area contributed by atoms with Gasteiger partial charge in [-0.1, -0.05) is 13.8 Å². The van der Waals surface area contributed by atoms with Gasteiger partial charge in [-0.3, -0.25) is 0 Å². The van der Waals surface area contributed by atoms with Gasteiger partial charge in [0.15, 0.2) is 12.6 Å². The van der Waals surface area contributed by atoms with E-state index in [9.17, 15) is 0 Å². The summed E-state index contributed by atoms with van der Waals surface area (Å²) in [6.07, 6.45) is 4.61. The van der Waals surface area contributed by atoms with Gasteiger partial charge in [-0.05, 0) is 25.7 Å². The average molecular weight is 214 g/mol. The first-order valence-electron chi connectivity index (χ1n) is 6.16. The minimum Gasteiger partial charge on any atom is -0.352 e. The van der Waals surface area contributed by atoms with Crippen LogP contribution in [0.25, 0.3) is 0 Å². The summed E-state index contributed by atoms with van der Waals surface area (Å²) >= 11 is 0. The second kappa shape index (κ2) is 5.28. The Labute approximate surface area is 92.1 Å². The summed E-state index contributed by atoms with van der Waals surface area (Å²) in [4.78, 5) is 0. The van der Waals surface area contributed by atoms with Crippen LogP contribution in [0.5, 0.6) is 0 Å². The van der Waals surface area contributed by atoms with Crippen LogP contribution in [-0.2, 0) is 14.2 Å². The molecule has 4 atom stereocenters. The smallest absolute Gasteiger partial charge is 0.163 e. The summed E-state index contributed by atoms with van der Waals surface area (Å²) in [6, 6.07) is 0. The van der Waals surface area contributed by atoms with Crippen LogP contribution in [0.2, 0.25) is 0 Å². The number of hydrogen-bond donors (Lipinski definition) is 0. The molecular formula is C12H22O3. The molecule has 0 spiro atoms. The highest BCUT2D eigenvalue weighted by Gasteiger charge is 2.30. The second-order valence-corrected chi connectivity index (χ2v) is 4.85. The summed E-state index contributed by atoms with van der Waals surface area (Å²) < 4.78 is 17.2. The van der Waals surface area contributed by atoms with Gasteiger partial charge in [0.1, 0.15) is 0 Å². The van der Waals surface area contributed by atoms with Gasteiger partial charge in [0, 0.05) is 25.0 Å². The lowest BCUT2D eigenvalue weighted by molar-refractivity contribution is -0.292. The van der Waals surface area contributed by atoms with E-state index in [1.54, 1.807) is 0 Å². The molecule has 0 bridgehead atoms. The fraction of sp³-hybridized carbons (Fsp3) is 1.00. The van der Waals surface area contributed by atoms with Gasteiger partial charge in [-0.15, -0.1) is 0 Å². The van der Waals surface area contributed by atoms with Crippen molar-refractivity contribution in [3.8, 4) is 0 Å². The van der Waals surface area contributed by atoms with Crippen LogP contribution < -0.4 is 0 Å². The van der Waals surface area contributed by atoms with E-state index in [2.05, 4.69) is 13.8 Å². The van der Waals surface area contributed by atoms with Gasteiger partial charge in [0.05, 0.1) is 0 Å². The van der Waals surface area contributed by atoms with Gasteiger partial charge in [0.25, 0.3) is 0 Å². The van der Waals surface area contributed by atoms with Crippen molar-refractivity contribution in [2.45, 2.75) is 52.1 Å². The molecule has 3 heteroatoms. The molecule has 3 nitrogen and oxygen atoms in total. The zero-order valence-corrected chi connectivity index (χ0v) is 9.78. The van der Waals surface area contributed by atoms with Gasteiger partial charge >= 0.3 is 0 Å². The summed E-state index contributed by atoms with van der Waals surface area (Å²) in [6.45, 7) is 6.04. The van der Waals surface area contributed by atoms with Gasteiger partial charge < -0.3 is 14.2 Å². The van der Waals surface area contributed by atoms with E-state index in [0.717, 1.165) is 26.1 Å². The van der Waals surface area contributed by atoms with Crippen molar-refractivity contribution in [1.82, 2.24) is 0 Å². The number of ether oxygens (including phenoxy) is 3. The van der Waals surface area contributed by atoms with Crippen molar-refractivity contribution in [3.63, 3.8) is 0 Å². The molecular weight excluding hydrogens is 192 g/mol. The first kappa shape index (κ1) is 11.4. The standard InChI is InChI=1S/C12H22O3/c1-9-5-3-7-13-11(9)15-12-10(2)6-4-8-14-12/h9-12H,3-8H2,1-2H3. The van der Waals surface area contributed by atoms with Crippen molar-refractivity contribution in [2.75, 3.05) is 13.2 Å². The van der Waals surface area contributed by atoms with E-state index in [-0.39, 0.29) is 12.6 Å². The molecule has 0 aromatic carbocycles. The molecule has 0 aliphatic carbocycles. The summed E-state index contributed by atoms with van der Waals surface area (Å²) in [7, 11) is 0. The average Bonchev–Trinajstić information content (AvgIpc) is 2.24. The normalized spacial score (nSPS) is 42.8. The second-order valence-electron chi connectivity index (χ2n) is 4.85. The Balaban J connectivity index is 1.83.